The molecule has 0 aliphatic carbocycles. The van der Waals surface area contributed by atoms with E-state index in [9.17, 15) is 13.2 Å². The van der Waals surface area contributed by atoms with Crippen LogP contribution in [-0.4, -0.2) is 50.5 Å². The number of carbonyl (C=O) groups excluding carboxylic acids is 1. The summed E-state index contributed by atoms with van der Waals surface area (Å²) in [6.07, 6.45) is 1.90. The normalized spacial score (nSPS) is 17.9. The van der Waals surface area contributed by atoms with Gasteiger partial charge in [0.2, 0.25) is 10.0 Å². The van der Waals surface area contributed by atoms with E-state index in [-0.39, 0.29) is 4.90 Å². The Morgan fingerprint density at radius 1 is 1.12 bits per heavy atom. The number of ether oxygens (including phenoxy) is 2. The van der Waals surface area contributed by atoms with Gasteiger partial charge in [-0.2, -0.15) is 9.30 Å². The Labute approximate surface area is 197 Å². The van der Waals surface area contributed by atoms with Gasteiger partial charge in [-0.15, -0.1) is 0 Å². The van der Waals surface area contributed by atoms with Crippen LogP contribution in [0.3, 0.4) is 0 Å². The van der Waals surface area contributed by atoms with E-state index in [4.69, 9.17) is 9.47 Å². The van der Waals surface area contributed by atoms with Gasteiger partial charge in [-0.25, -0.2) is 8.42 Å². The fourth-order valence-electron chi connectivity index (χ4n) is 4.00. The van der Waals surface area contributed by atoms with Crippen LogP contribution in [0.2, 0.25) is 0 Å². The highest BCUT2D eigenvalue weighted by Crippen LogP contribution is 2.33. The molecule has 1 saturated heterocycles. The Morgan fingerprint density at radius 2 is 1.79 bits per heavy atom. The third kappa shape index (κ3) is 4.55. The minimum Gasteiger partial charge on any atom is -0.493 e. The van der Waals surface area contributed by atoms with E-state index < -0.39 is 15.9 Å². The van der Waals surface area contributed by atoms with Gasteiger partial charge in [0.05, 0.1) is 29.3 Å². The molecule has 4 rings (SSSR count). The Hall–Kier alpha value is -2.69. The Morgan fingerprint density at radius 3 is 2.42 bits per heavy atom. The number of benzene rings is 2. The number of fused-ring (bicyclic) bond motifs is 1. The molecule has 10 heteroatoms. The molecule has 8 nitrogen and oxygen atoms in total. The second-order valence-electron chi connectivity index (χ2n) is 8.17. The third-order valence-corrected chi connectivity index (χ3v) is 8.84. The average molecular weight is 490 g/mol. The number of sulfonamides is 1. The first-order valence-corrected chi connectivity index (χ1v) is 12.9. The molecule has 2 heterocycles. The van der Waals surface area contributed by atoms with Gasteiger partial charge in [0, 0.05) is 37.8 Å². The van der Waals surface area contributed by atoms with Crippen molar-refractivity contribution < 1.29 is 22.7 Å². The van der Waals surface area contributed by atoms with Crippen LogP contribution in [0.15, 0.2) is 46.3 Å². The molecule has 1 aliphatic rings. The summed E-state index contributed by atoms with van der Waals surface area (Å²) in [7, 11) is 1.40. The number of hydrogen-bond donors (Lipinski definition) is 0. The van der Waals surface area contributed by atoms with Gasteiger partial charge in [0.1, 0.15) is 0 Å². The Kier molecular flexibility index (Phi) is 6.60. The molecule has 0 N–H and O–H groups in total. The van der Waals surface area contributed by atoms with Crippen molar-refractivity contribution in [3.63, 3.8) is 0 Å². The molecule has 0 saturated carbocycles. The van der Waals surface area contributed by atoms with Crippen molar-refractivity contribution in [3.05, 3.63) is 46.8 Å². The summed E-state index contributed by atoms with van der Waals surface area (Å²) < 4.78 is 40.9. The molecule has 1 unspecified atom stereocenters. The number of aryl methyl sites for hydroxylation is 1. The summed E-state index contributed by atoms with van der Waals surface area (Å²) in [5.74, 6) is 1.10. The number of carbonyl (C=O) groups is 1. The highest BCUT2D eigenvalue weighted by atomic mass is 32.2. The van der Waals surface area contributed by atoms with Crippen LogP contribution in [0.1, 0.15) is 30.1 Å². The lowest BCUT2D eigenvalue weighted by Gasteiger charge is -2.30. The monoisotopic (exact) mass is 489 g/mol. The number of thiazole rings is 1. The first-order chi connectivity index (χ1) is 15.7. The zero-order valence-electron chi connectivity index (χ0n) is 19.1. The molecular formula is C23H27N3O5S2. The molecule has 3 aromatic rings. The summed E-state index contributed by atoms with van der Waals surface area (Å²) in [6, 6.07) is 9.70. The van der Waals surface area contributed by atoms with E-state index in [1.807, 2.05) is 23.7 Å². The maximum atomic E-state index is 12.9. The zero-order valence-corrected chi connectivity index (χ0v) is 20.7. The number of piperidine rings is 1. The number of hydrogen-bond acceptors (Lipinski definition) is 6. The van der Waals surface area contributed by atoms with Crippen LogP contribution in [0, 0.1) is 5.92 Å². The van der Waals surface area contributed by atoms with Gasteiger partial charge < -0.3 is 14.0 Å². The van der Waals surface area contributed by atoms with Crippen molar-refractivity contribution in [2.75, 3.05) is 27.3 Å². The molecule has 1 atom stereocenters. The molecule has 2 aromatic carbocycles. The maximum absolute atomic E-state index is 12.9. The first kappa shape index (κ1) is 23.5. The van der Waals surface area contributed by atoms with Gasteiger partial charge in [0.25, 0.3) is 5.91 Å². The molecular weight excluding hydrogens is 462 g/mol. The number of amides is 1. The Bertz CT molecular complexity index is 1360. The van der Waals surface area contributed by atoms with Crippen molar-refractivity contribution >= 4 is 37.5 Å². The quantitative estimate of drug-likeness (QED) is 0.548. The summed E-state index contributed by atoms with van der Waals surface area (Å²) >= 11 is 1.36. The largest absolute Gasteiger partial charge is 0.493 e. The van der Waals surface area contributed by atoms with Crippen LogP contribution in [-0.2, 0) is 17.1 Å². The first-order valence-electron chi connectivity index (χ1n) is 10.7. The average Bonchev–Trinajstić information content (AvgIpc) is 3.12. The zero-order chi connectivity index (χ0) is 23.8. The molecule has 176 valence electrons. The summed E-state index contributed by atoms with van der Waals surface area (Å²) in [4.78, 5) is 17.8. The van der Waals surface area contributed by atoms with Crippen LogP contribution < -0.4 is 14.3 Å². The third-order valence-electron chi connectivity index (χ3n) is 5.87. The van der Waals surface area contributed by atoms with E-state index in [1.165, 1.54) is 39.9 Å². The number of aromatic nitrogens is 1. The molecule has 1 amide bonds. The lowest BCUT2D eigenvalue weighted by molar-refractivity contribution is 0.0998. The molecule has 0 bridgehead atoms. The fourth-order valence-corrected chi connectivity index (χ4v) is 6.62. The molecule has 0 radical (unpaired) electrons. The van der Waals surface area contributed by atoms with Crippen molar-refractivity contribution in [2.45, 2.75) is 24.7 Å². The van der Waals surface area contributed by atoms with Gasteiger partial charge >= 0.3 is 0 Å². The van der Waals surface area contributed by atoms with E-state index in [0.717, 1.165) is 23.1 Å². The second-order valence-corrected chi connectivity index (χ2v) is 11.1. The van der Waals surface area contributed by atoms with Gasteiger partial charge in [0.15, 0.2) is 16.3 Å². The van der Waals surface area contributed by atoms with Crippen LogP contribution in [0.5, 0.6) is 11.5 Å². The molecule has 1 aliphatic heterocycles. The predicted molar refractivity (Wildman–Crippen MR) is 127 cm³/mol. The number of rotatable bonds is 5. The van der Waals surface area contributed by atoms with E-state index in [0.29, 0.717) is 40.9 Å². The summed E-state index contributed by atoms with van der Waals surface area (Å²) in [6.45, 7) is 3.11. The SMILES string of the molecule is COc1cc2sc(=NC(=O)c3ccc(S(=O)(=O)N4CCCC(C)C4)cc3)n(C)c2cc1OC. The van der Waals surface area contributed by atoms with E-state index in [2.05, 4.69) is 11.9 Å². The highest BCUT2D eigenvalue weighted by molar-refractivity contribution is 7.89. The highest BCUT2D eigenvalue weighted by Gasteiger charge is 2.28. The van der Waals surface area contributed by atoms with Gasteiger partial charge in [-0.05, 0) is 43.0 Å². The number of methoxy groups -OCH3 is 2. The van der Waals surface area contributed by atoms with Crippen molar-refractivity contribution in [3.8, 4) is 11.5 Å². The molecule has 33 heavy (non-hydrogen) atoms. The maximum Gasteiger partial charge on any atom is 0.279 e. The van der Waals surface area contributed by atoms with E-state index in [1.54, 1.807) is 14.2 Å². The van der Waals surface area contributed by atoms with Crippen LogP contribution in [0.4, 0.5) is 0 Å². The number of nitrogens with zero attached hydrogens (tertiary/aromatic N) is 3. The minimum absolute atomic E-state index is 0.194. The van der Waals surface area contributed by atoms with Crippen LogP contribution in [0.25, 0.3) is 10.2 Å². The molecule has 0 spiro atoms. The topological polar surface area (TPSA) is 90.2 Å². The smallest absolute Gasteiger partial charge is 0.279 e. The second kappa shape index (κ2) is 9.28. The molecule has 1 aromatic heterocycles. The predicted octanol–water partition coefficient (Wildman–Crippen LogP) is 3.42. The van der Waals surface area contributed by atoms with Crippen molar-refractivity contribution in [1.29, 1.82) is 0 Å². The summed E-state index contributed by atoms with van der Waals surface area (Å²) in [5.41, 5.74) is 1.19. The fraction of sp³-hybridized carbons (Fsp3) is 0.391. The van der Waals surface area contributed by atoms with Gasteiger partial charge in [-0.3, -0.25) is 4.79 Å². The van der Waals surface area contributed by atoms with Crippen LogP contribution >= 0.6 is 11.3 Å². The lowest BCUT2D eigenvalue weighted by atomic mass is 10.0. The molecule has 1 fully saturated rings. The lowest BCUT2D eigenvalue weighted by Crippen LogP contribution is -2.39. The Balaban J connectivity index is 1.62. The minimum atomic E-state index is -3.57. The van der Waals surface area contributed by atoms with E-state index >= 15 is 0 Å². The van der Waals surface area contributed by atoms with Crippen molar-refractivity contribution in [1.82, 2.24) is 8.87 Å². The summed E-state index contributed by atoms with van der Waals surface area (Å²) in [5, 5.41) is 0. The van der Waals surface area contributed by atoms with Crippen molar-refractivity contribution in [2.24, 2.45) is 18.0 Å². The standard InChI is InChI=1S/C23H27N3O5S2/c1-15-6-5-11-26(14-15)33(28,29)17-9-7-16(8-10-17)22(27)24-23-25(2)18-12-19(30-3)20(31-4)13-21(18)32-23/h7-10,12-13,15H,5-6,11,14H2,1-4H3. The van der Waals surface area contributed by atoms with Gasteiger partial charge in [-0.1, -0.05) is 18.3 Å².